The molecule has 33 heavy (non-hydrogen) atoms. The van der Waals surface area contributed by atoms with E-state index >= 15 is 0 Å². The lowest BCUT2D eigenvalue weighted by Crippen LogP contribution is -2.02. The van der Waals surface area contributed by atoms with Gasteiger partial charge in [0.1, 0.15) is 0 Å². The van der Waals surface area contributed by atoms with E-state index in [4.69, 9.17) is 9.47 Å². The van der Waals surface area contributed by atoms with Gasteiger partial charge in [-0.05, 0) is 60.4 Å². The van der Waals surface area contributed by atoms with Gasteiger partial charge in [0.15, 0.2) is 34.6 Å². The molecule has 0 radical (unpaired) electrons. The Morgan fingerprint density at radius 1 is 0.758 bits per heavy atom. The summed E-state index contributed by atoms with van der Waals surface area (Å²) in [5.74, 6) is 0.153. The van der Waals surface area contributed by atoms with Crippen LogP contribution in [0.5, 0.6) is 23.0 Å². The maximum atomic E-state index is 12.2. The topological polar surface area (TPSA) is 93.1 Å². The lowest BCUT2D eigenvalue weighted by Gasteiger charge is -2.08. The van der Waals surface area contributed by atoms with E-state index in [1.54, 1.807) is 36.4 Å². The molecular weight excluding hydrogens is 420 g/mol. The number of carbonyl (C=O) groups is 2. The Morgan fingerprint density at radius 2 is 1.18 bits per heavy atom. The maximum absolute atomic E-state index is 12.2. The van der Waals surface area contributed by atoms with Crippen LogP contribution in [0, 0.1) is 0 Å². The Balaban J connectivity index is 1.92. The summed E-state index contributed by atoms with van der Waals surface area (Å²) >= 11 is 0. The molecule has 0 bridgehead atoms. The van der Waals surface area contributed by atoms with Crippen LogP contribution in [-0.4, -0.2) is 35.0 Å². The van der Waals surface area contributed by atoms with Crippen molar-refractivity contribution in [2.45, 2.75) is 46.0 Å². The molecular formula is C27H32O6. The minimum Gasteiger partial charge on any atom is -0.504 e. The predicted octanol–water partition coefficient (Wildman–Crippen LogP) is 5.71. The fraction of sp³-hybridized carbons (Fsp3) is 0.333. The minimum absolute atomic E-state index is 0.0445. The number of ketones is 2. The minimum atomic E-state index is -0.333. The molecule has 0 spiro atoms. The average molecular weight is 453 g/mol. The molecule has 0 aliphatic carbocycles. The number of hydrogen-bond donors (Lipinski definition) is 2. The molecule has 0 aliphatic rings. The summed E-state index contributed by atoms with van der Waals surface area (Å²) in [6, 6.07) is 9.66. The number of benzene rings is 2. The smallest absolute Gasteiger partial charge is 0.163 e. The highest BCUT2D eigenvalue weighted by Crippen LogP contribution is 2.28. The molecule has 6 heteroatoms. The van der Waals surface area contributed by atoms with E-state index in [2.05, 4.69) is 13.8 Å². The zero-order valence-electron chi connectivity index (χ0n) is 19.3. The number of aromatic hydroxyl groups is 2. The van der Waals surface area contributed by atoms with Crippen molar-refractivity contribution in [3.63, 3.8) is 0 Å². The van der Waals surface area contributed by atoms with Crippen molar-refractivity contribution in [1.82, 2.24) is 0 Å². The van der Waals surface area contributed by atoms with Gasteiger partial charge in [-0.25, -0.2) is 0 Å². The molecule has 2 rings (SSSR count). The summed E-state index contributed by atoms with van der Waals surface area (Å²) in [4.78, 5) is 24.3. The molecule has 0 saturated heterocycles. The highest BCUT2D eigenvalue weighted by molar-refractivity contribution is 6.10. The molecule has 0 unspecified atom stereocenters. The summed E-state index contributed by atoms with van der Waals surface area (Å²) in [7, 11) is 0. The highest BCUT2D eigenvalue weighted by Gasteiger charge is 2.07. The van der Waals surface area contributed by atoms with Gasteiger partial charge >= 0.3 is 0 Å². The third-order valence-corrected chi connectivity index (χ3v) is 4.75. The van der Waals surface area contributed by atoms with Gasteiger partial charge in [-0.1, -0.05) is 51.0 Å². The fourth-order valence-corrected chi connectivity index (χ4v) is 2.82. The molecule has 0 atom stereocenters. The van der Waals surface area contributed by atoms with Crippen molar-refractivity contribution in [3.8, 4) is 23.0 Å². The van der Waals surface area contributed by atoms with Gasteiger partial charge in [-0.2, -0.15) is 0 Å². The first-order chi connectivity index (χ1) is 15.9. The molecule has 0 aliphatic heterocycles. The van der Waals surface area contributed by atoms with Crippen molar-refractivity contribution in [1.29, 1.82) is 0 Å². The zero-order chi connectivity index (χ0) is 24.1. The summed E-state index contributed by atoms with van der Waals surface area (Å²) < 4.78 is 11.1. The summed E-state index contributed by atoms with van der Waals surface area (Å²) in [6.07, 6.45) is 9.33. The predicted molar refractivity (Wildman–Crippen MR) is 130 cm³/mol. The molecule has 2 aromatic carbocycles. The van der Waals surface area contributed by atoms with E-state index in [1.807, 2.05) is 0 Å². The first-order valence-electron chi connectivity index (χ1n) is 11.3. The number of allylic oxidation sites excluding steroid dienone is 2. The molecule has 0 saturated carbocycles. The fourth-order valence-electron chi connectivity index (χ4n) is 2.82. The monoisotopic (exact) mass is 452 g/mol. The van der Waals surface area contributed by atoms with Crippen molar-refractivity contribution in [3.05, 3.63) is 59.7 Å². The number of hydrogen-bond acceptors (Lipinski definition) is 6. The van der Waals surface area contributed by atoms with Crippen molar-refractivity contribution in [2.75, 3.05) is 13.2 Å². The van der Waals surface area contributed by atoms with E-state index < -0.39 is 0 Å². The lowest BCUT2D eigenvalue weighted by molar-refractivity contribution is -0.121. The van der Waals surface area contributed by atoms with E-state index in [0.717, 1.165) is 25.7 Å². The summed E-state index contributed by atoms with van der Waals surface area (Å²) in [5, 5.41) is 19.8. The van der Waals surface area contributed by atoms with Gasteiger partial charge in [0, 0.05) is 0 Å². The second-order valence-electron chi connectivity index (χ2n) is 7.63. The quantitative estimate of drug-likeness (QED) is 0.217. The molecule has 0 heterocycles. The number of rotatable bonds is 14. The van der Waals surface area contributed by atoms with Crippen molar-refractivity contribution >= 4 is 23.7 Å². The summed E-state index contributed by atoms with van der Waals surface area (Å²) in [5.41, 5.74) is 1.38. The zero-order valence-corrected chi connectivity index (χ0v) is 19.3. The second kappa shape index (κ2) is 13.8. The van der Waals surface area contributed by atoms with E-state index in [1.165, 1.54) is 24.3 Å². The van der Waals surface area contributed by atoms with Gasteiger partial charge < -0.3 is 19.7 Å². The molecule has 2 aromatic rings. The van der Waals surface area contributed by atoms with E-state index in [0.29, 0.717) is 35.8 Å². The maximum Gasteiger partial charge on any atom is 0.163 e. The van der Waals surface area contributed by atoms with Gasteiger partial charge in [0.05, 0.1) is 19.6 Å². The van der Waals surface area contributed by atoms with E-state index in [-0.39, 0.29) is 29.5 Å². The van der Waals surface area contributed by atoms with Gasteiger partial charge in [0.2, 0.25) is 0 Å². The number of unbranched alkanes of at least 4 members (excludes halogenated alkanes) is 2. The number of ether oxygens (including phenoxy) is 2. The lowest BCUT2D eigenvalue weighted by atomic mass is 10.1. The van der Waals surface area contributed by atoms with Crippen molar-refractivity contribution < 1.29 is 29.3 Å². The molecule has 2 N–H and O–H groups in total. The standard InChI is InChI=1S/C27H32O6/c1-3-5-15-32-26-17-20(9-13-24(26)30)7-11-22(28)19-23(29)12-8-21-10-14-25(31)27(18-21)33-16-6-4-2/h7-14,17-18,30-31H,3-6,15-16,19H2,1-2H3/b11-7+,12-8+. The second-order valence-corrected chi connectivity index (χ2v) is 7.63. The van der Waals surface area contributed by atoms with Crippen LogP contribution in [-0.2, 0) is 9.59 Å². The van der Waals surface area contributed by atoms with Crippen LogP contribution in [0.1, 0.15) is 57.1 Å². The largest absolute Gasteiger partial charge is 0.504 e. The molecule has 0 amide bonds. The van der Waals surface area contributed by atoms with Crippen molar-refractivity contribution in [2.24, 2.45) is 0 Å². The summed E-state index contributed by atoms with van der Waals surface area (Å²) in [6.45, 7) is 5.11. The Bertz CT molecular complexity index is 911. The van der Waals surface area contributed by atoms with Gasteiger partial charge in [-0.15, -0.1) is 0 Å². The third kappa shape index (κ3) is 9.23. The Hall–Kier alpha value is -3.54. The highest BCUT2D eigenvalue weighted by atomic mass is 16.5. The van der Waals surface area contributed by atoms with Crippen LogP contribution in [0.3, 0.4) is 0 Å². The Labute approximate surface area is 195 Å². The molecule has 6 nitrogen and oxygen atoms in total. The van der Waals surface area contributed by atoms with Crippen LogP contribution in [0.15, 0.2) is 48.6 Å². The molecule has 0 aromatic heterocycles. The Morgan fingerprint density at radius 3 is 1.58 bits per heavy atom. The van der Waals surface area contributed by atoms with Gasteiger partial charge in [-0.3, -0.25) is 9.59 Å². The van der Waals surface area contributed by atoms with E-state index in [9.17, 15) is 19.8 Å². The first-order valence-corrected chi connectivity index (χ1v) is 11.3. The van der Waals surface area contributed by atoms with Gasteiger partial charge in [0.25, 0.3) is 0 Å². The molecule has 176 valence electrons. The normalized spacial score (nSPS) is 11.2. The molecule has 0 fully saturated rings. The van der Waals surface area contributed by atoms with Crippen LogP contribution < -0.4 is 9.47 Å². The number of phenols is 2. The third-order valence-electron chi connectivity index (χ3n) is 4.75. The van der Waals surface area contributed by atoms with Crippen LogP contribution in [0.25, 0.3) is 12.2 Å². The SMILES string of the molecule is CCCCOc1cc(/C=C/C(=O)CC(=O)/C=C/c2ccc(O)c(OCCCC)c2)ccc1O. The average Bonchev–Trinajstić information content (AvgIpc) is 2.80. The Kier molecular flexibility index (Phi) is 10.7. The van der Waals surface area contributed by atoms with Crippen LogP contribution >= 0.6 is 0 Å². The number of carbonyl (C=O) groups excluding carboxylic acids is 2. The van der Waals surface area contributed by atoms with Crippen LogP contribution in [0.4, 0.5) is 0 Å². The van der Waals surface area contributed by atoms with Crippen LogP contribution in [0.2, 0.25) is 0 Å². The first kappa shape index (κ1) is 25.7. The number of phenolic OH excluding ortho intramolecular Hbond substituents is 2.